The van der Waals surface area contributed by atoms with Gasteiger partial charge in [0.2, 0.25) is 0 Å². The first kappa shape index (κ1) is 10.5. The van der Waals surface area contributed by atoms with E-state index in [-0.39, 0.29) is 10.7 Å². The lowest BCUT2D eigenvalue weighted by Gasteiger charge is -2.01. The number of nitro groups is 1. The van der Waals surface area contributed by atoms with Crippen LogP contribution in [0.2, 0.25) is 5.02 Å². The third-order valence-corrected chi connectivity index (χ3v) is 2.12. The molecule has 0 fully saturated rings. The van der Waals surface area contributed by atoms with Crippen LogP contribution in [0.3, 0.4) is 0 Å². The molecule has 8 heteroatoms. The van der Waals surface area contributed by atoms with Gasteiger partial charge in [-0.1, -0.05) is 11.6 Å². The van der Waals surface area contributed by atoms with E-state index >= 15 is 0 Å². The quantitative estimate of drug-likeness (QED) is 0.586. The molecular weight excluding hydrogens is 234 g/mol. The zero-order valence-corrected chi connectivity index (χ0v) is 8.92. The van der Waals surface area contributed by atoms with E-state index in [1.54, 1.807) is 6.92 Å². The standard InChI is InChI=1S/C8H6ClN5O2/c1-5-11-4-13(12-5)8-7(9)2-6(3-10-8)14(15)16/h2-4H,1H3. The van der Waals surface area contributed by atoms with E-state index in [0.29, 0.717) is 11.6 Å². The average molecular weight is 240 g/mol. The van der Waals surface area contributed by atoms with Crippen LogP contribution in [0.15, 0.2) is 18.6 Å². The van der Waals surface area contributed by atoms with Gasteiger partial charge in [-0.25, -0.2) is 14.6 Å². The van der Waals surface area contributed by atoms with Crippen LogP contribution in [0.4, 0.5) is 5.69 Å². The summed E-state index contributed by atoms with van der Waals surface area (Å²) in [6, 6.07) is 1.22. The van der Waals surface area contributed by atoms with Crippen LogP contribution >= 0.6 is 11.6 Å². The number of aromatic nitrogens is 4. The molecule has 82 valence electrons. The molecule has 0 aliphatic heterocycles. The lowest BCUT2D eigenvalue weighted by molar-refractivity contribution is -0.385. The fourth-order valence-electron chi connectivity index (χ4n) is 1.14. The Morgan fingerprint density at radius 3 is 2.75 bits per heavy atom. The van der Waals surface area contributed by atoms with Crippen molar-refractivity contribution in [2.45, 2.75) is 6.92 Å². The van der Waals surface area contributed by atoms with Gasteiger partial charge in [-0.3, -0.25) is 10.1 Å². The predicted octanol–water partition coefficient (Wildman–Crippen LogP) is 1.53. The molecule has 0 saturated heterocycles. The number of hydrogen-bond donors (Lipinski definition) is 0. The van der Waals surface area contributed by atoms with Gasteiger partial charge in [-0.2, -0.15) is 5.10 Å². The molecule has 2 rings (SSSR count). The van der Waals surface area contributed by atoms with Gasteiger partial charge in [0.05, 0.1) is 9.95 Å². The van der Waals surface area contributed by atoms with E-state index in [1.165, 1.54) is 17.1 Å². The summed E-state index contributed by atoms with van der Waals surface area (Å²) in [6.07, 6.45) is 2.56. The number of halogens is 1. The van der Waals surface area contributed by atoms with Crippen LogP contribution in [0.1, 0.15) is 5.82 Å². The fourth-order valence-corrected chi connectivity index (χ4v) is 1.38. The molecule has 0 aromatic carbocycles. The molecule has 0 unspecified atom stereocenters. The first-order chi connectivity index (χ1) is 7.58. The molecule has 0 radical (unpaired) electrons. The van der Waals surface area contributed by atoms with E-state index in [4.69, 9.17) is 11.6 Å². The molecule has 0 N–H and O–H groups in total. The molecule has 0 saturated carbocycles. The van der Waals surface area contributed by atoms with Crippen molar-refractivity contribution >= 4 is 17.3 Å². The molecule has 16 heavy (non-hydrogen) atoms. The van der Waals surface area contributed by atoms with Crippen molar-refractivity contribution in [3.8, 4) is 5.82 Å². The summed E-state index contributed by atoms with van der Waals surface area (Å²) in [7, 11) is 0. The zero-order chi connectivity index (χ0) is 11.7. The Balaban J connectivity index is 2.47. The van der Waals surface area contributed by atoms with Crippen molar-refractivity contribution in [3.05, 3.63) is 39.6 Å². The van der Waals surface area contributed by atoms with Crippen LogP contribution in [0.5, 0.6) is 0 Å². The first-order valence-corrected chi connectivity index (χ1v) is 4.64. The van der Waals surface area contributed by atoms with Gasteiger partial charge < -0.3 is 0 Å². The van der Waals surface area contributed by atoms with Gasteiger partial charge in [-0.05, 0) is 6.92 Å². The smallest absolute Gasteiger partial charge is 0.258 e. The number of rotatable bonds is 2. The van der Waals surface area contributed by atoms with E-state index in [9.17, 15) is 10.1 Å². The SMILES string of the molecule is Cc1ncn(-c2ncc([N+](=O)[O-])cc2Cl)n1. The highest BCUT2D eigenvalue weighted by atomic mass is 35.5. The average Bonchev–Trinajstić information content (AvgIpc) is 2.64. The van der Waals surface area contributed by atoms with Gasteiger partial charge in [0.25, 0.3) is 5.69 Å². The van der Waals surface area contributed by atoms with Crippen molar-refractivity contribution < 1.29 is 4.92 Å². The van der Waals surface area contributed by atoms with Crippen molar-refractivity contribution in [3.63, 3.8) is 0 Å². The fraction of sp³-hybridized carbons (Fsp3) is 0.125. The van der Waals surface area contributed by atoms with Gasteiger partial charge in [-0.15, -0.1) is 0 Å². The summed E-state index contributed by atoms with van der Waals surface area (Å²) in [6.45, 7) is 1.72. The molecule has 2 aromatic rings. The lowest BCUT2D eigenvalue weighted by atomic mass is 10.4. The van der Waals surface area contributed by atoms with Crippen LogP contribution in [-0.4, -0.2) is 24.7 Å². The molecule has 0 aliphatic carbocycles. The summed E-state index contributed by atoms with van der Waals surface area (Å²) in [5.74, 6) is 0.879. The van der Waals surface area contributed by atoms with Crippen molar-refractivity contribution in [2.24, 2.45) is 0 Å². The molecule has 2 aromatic heterocycles. The monoisotopic (exact) mass is 239 g/mol. The lowest BCUT2D eigenvalue weighted by Crippen LogP contribution is -2.00. The molecule has 0 amide bonds. The van der Waals surface area contributed by atoms with E-state index < -0.39 is 4.92 Å². The molecule has 2 heterocycles. The Morgan fingerprint density at radius 1 is 1.50 bits per heavy atom. The van der Waals surface area contributed by atoms with Gasteiger partial charge >= 0.3 is 0 Å². The second-order valence-corrected chi connectivity index (χ2v) is 3.40. The van der Waals surface area contributed by atoms with E-state index in [0.717, 1.165) is 6.20 Å². The number of nitrogens with zero attached hydrogens (tertiary/aromatic N) is 5. The maximum Gasteiger partial charge on any atom is 0.289 e. The highest BCUT2D eigenvalue weighted by Gasteiger charge is 2.12. The van der Waals surface area contributed by atoms with Crippen molar-refractivity contribution in [1.82, 2.24) is 19.7 Å². The third kappa shape index (κ3) is 1.84. The normalized spacial score (nSPS) is 10.4. The van der Waals surface area contributed by atoms with Gasteiger partial charge in [0, 0.05) is 6.07 Å². The summed E-state index contributed by atoms with van der Waals surface area (Å²) in [5.41, 5.74) is -0.161. The number of aryl methyl sites for hydroxylation is 1. The topological polar surface area (TPSA) is 86.7 Å². The predicted molar refractivity (Wildman–Crippen MR) is 55.6 cm³/mol. The molecule has 0 aliphatic rings. The maximum absolute atomic E-state index is 10.5. The number of hydrogen-bond acceptors (Lipinski definition) is 5. The number of pyridine rings is 1. The molecule has 0 atom stereocenters. The molecule has 0 bridgehead atoms. The highest BCUT2D eigenvalue weighted by Crippen LogP contribution is 2.22. The molecule has 0 spiro atoms. The second-order valence-electron chi connectivity index (χ2n) is 2.99. The Hall–Kier alpha value is -2.02. The van der Waals surface area contributed by atoms with Crippen LogP contribution in [0, 0.1) is 17.0 Å². The molecule has 7 nitrogen and oxygen atoms in total. The highest BCUT2D eigenvalue weighted by molar-refractivity contribution is 6.32. The minimum Gasteiger partial charge on any atom is -0.258 e. The zero-order valence-electron chi connectivity index (χ0n) is 8.16. The minimum atomic E-state index is -0.560. The summed E-state index contributed by atoms with van der Waals surface area (Å²) >= 11 is 5.86. The Bertz CT molecular complexity index is 553. The maximum atomic E-state index is 10.5. The van der Waals surface area contributed by atoms with Crippen LogP contribution in [0.25, 0.3) is 5.82 Å². The third-order valence-electron chi connectivity index (χ3n) is 1.84. The van der Waals surface area contributed by atoms with Gasteiger partial charge in [0.1, 0.15) is 18.3 Å². The Kier molecular flexibility index (Phi) is 2.53. The van der Waals surface area contributed by atoms with Crippen LogP contribution < -0.4 is 0 Å². The van der Waals surface area contributed by atoms with E-state index in [1.807, 2.05) is 0 Å². The van der Waals surface area contributed by atoms with E-state index in [2.05, 4.69) is 15.1 Å². The first-order valence-electron chi connectivity index (χ1n) is 4.26. The Morgan fingerprint density at radius 2 is 2.25 bits per heavy atom. The van der Waals surface area contributed by atoms with Crippen LogP contribution in [-0.2, 0) is 0 Å². The summed E-state index contributed by atoms with van der Waals surface area (Å²) in [4.78, 5) is 17.7. The van der Waals surface area contributed by atoms with Gasteiger partial charge in [0.15, 0.2) is 5.82 Å². The second kappa shape index (κ2) is 3.86. The Labute approximate surface area is 94.9 Å². The largest absolute Gasteiger partial charge is 0.289 e. The summed E-state index contributed by atoms with van der Waals surface area (Å²) < 4.78 is 1.36. The van der Waals surface area contributed by atoms with Crippen molar-refractivity contribution in [2.75, 3.05) is 0 Å². The van der Waals surface area contributed by atoms with Crippen molar-refractivity contribution in [1.29, 1.82) is 0 Å². The molecular formula is C8H6ClN5O2. The minimum absolute atomic E-state index is 0.152. The summed E-state index contributed by atoms with van der Waals surface area (Å²) in [5, 5.41) is 14.6.